The highest BCUT2D eigenvalue weighted by atomic mass is 16.5. The SMILES string of the molecule is CCNC(=O)[C@H](C)OC(=O)c1cccc(NC(C)=O)c1. The van der Waals surface area contributed by atoms with Gasteiger partial charge in [-0.2, -0.15) is 0 Å². The number of amides is 2. The Balaban J connectivity index is 2.72. The third-order valence-electron chi connectivity index (χ3n) is 2.42. The second kappa shape index (κ2) is 7.28. The lowest BCUT2D eigenvalue weighted by Crippen LogP contribution is -2.35. The fourth-order valence-electron chi connectivity index (χ4n) is 1.53. The van der Waals surface area contributed by atoms with Gasteiger partial charge in [0.05, 0.1) is 5.56 Å². The number of hydrogen-bond acceptors (Lipinski definition) is 4. The number of ether oxygens (including phenoxy) is 1. The van der Waals surface area contributed by atoms with Crippen molar-refractivity contribution >= 4 is 23.5 Å². The molecular formula is C14H18N2O4. The molecule has 0 radical (unpaired) electrons. The zero-order chi connectivity index (χ0) is 15.1. The number of rotatable bonds is 5. The van der Waals surface area contributed by atoms with E-state index in [0.29, 0.717) is 12.2 Å². The van der Waals surface area contributed by atoms with Crippen LogP contribution in [-0.4, -0.2) is 30.4 Å². The van der Waals surface area contributed by atoms with Crippen molar-refractivity contribution in [3.63, 3.8) is 0 Å². The monoisotopic (exact) mass is 278 g/mol. The molecule has 1 atom stereocenters. The average Bonchev–Trinajstić information content (AvgIpc) is 2.38. The zero-order valence-corrected chi connectivity index (χ0v) is 11.7. The lowest BCUT2D eigenvalue weighted by Gasteiger charge is -2.13. The summed E-state index contributed by atoms with van der Waals surface area (Å²) in [6, 6.07) is 6.33. The third-order valence-corrected chi connectivity index (χ3v) is 2.42. The van der Waals surface area contributed by atoms with Gasteiger partial charge in [0.2, 0.25) is 5.91 Å². The van der Waals surface area contributed by atoms with Crippen LogP contribution in [0.25, 0.3) is 0 Å². The van der Waals surface area contributed by atoms with Gasteiger partial charge in [-0.15, -0.1) is 0 Å². The highest BCUT2D eigenvalue weighted by Gasteiger charge is 2.18. The number of likely N-dealkylation sites (N-methyl/N-ethyl adjacent to an activating group) is 1. The number of nitrogens with one attached hydrogen (secondary N) is 2. The van der Waals surface area contributed by atoms with Crippen LogP contribution in [0.2, 0.25) is 0 Å². The van der Waals surface area contributed by atoms with Crippen molar-refractivity contribution < 1.29 is 19.1 Å². The fraction of sp³-hybridized carbons (Fsp3) is 0.357. The number of anilines is 1. The molecule has 6 heteroatoms. The van der Waals surface area contributed by atoms with Crippen LogP contribution in [0, 0.1) is 0 Å². The van der Waals surface area contributed by atoms with Gasteiger partial charge in [0.25, 0.3) is 5.91 Å². The van der Waals surface area contributed by atoms with E-state index in [1.54, 1.807) is 25.1 Å². The molecule has 2 N–H and O–H groups in total. The standard InChI is InChI=1S/C14H18N2O4/c1-4-15-13(18)9(2)20-14(19)11-6-5-7-12(8-11)16-10(3)17/h5-9H,4H2,1-3H3,(H,15,18)(H,16,17)/t9-/m0/s1. The number of carbonyl (C=O) groups is 3. The smallest absolute Gasteiger partial charge is 0.338 e. The van der Waals surface area contributed by atoms with Crippen LogP contribution in [0.1, 0.15) is 31.1 Å². The summed E-state index contributed by atoms with van der Waals surface area (Å²) in [5, 5.41) is 5.14. The molecule has 0 heterocycles. The number of benzene rings is 1. The minimum absolute atomic E-state index is 0.230. The maximum atomic E-state index is 11.9. The normalized spacial score (nSPS) is 11.3. The summed E-state index contributed by atoms with van der Waals surface area (Å²) < 4.78 is 5.05. The van der Waals surface area contributed by atoms with E-state index in [1.165, 1.54) is 19.9 Å². The van der Waals surface area contributed by atoms with E-state index in [0.717, 1.165) is 0 Å². The van der Waals surface area contributed by atoms with Gasteiger partial charge >= 0.3 is 5.97 Å². The molecule has 1 rings (SSSR count). The van der Waals surface area contributed by atoms with E-state index < -0.39 is 12.1 Å². The molecule has 0 bridgehead atoms. The summed E-state index contributed by atoms with van der Waals surface area (Å²) in [6.45, 7) is 5.13. The summed E-state index contributed by atoms with van der Waals surface area (Å²) in [4.78, 5) is 34.3. The maximum Gasteiger partial charge on any atom is 0.338 e. The lowest BCUT2D eigenvalue weighted by molar-refractivity contribution is -0.128. The van der Waals surface area contributed by atoms with Gasteiger partial charge in [0.1, 0.15) is 0 Å². The number of esters is 1. The van der Waals surface area contributed by atoms with Crippen molar-refractivity contribution in [3.8, 4) is 0 Å². The molecular weight excluding hydrogens is 260 g/mol. The van der Waals surface area contributed by atoms with Crippen LogP contribution in [0.4, 0.5) is 5.69 Å². The van der Waals surface area contributed by atoms with Crippen molar-refractivity contribution in [2.24, 2.45) is 0 Å². The van der Waals surface area contributed by atoms with E-state index >= 15 is 0 Å². The average molecular weight is 278 g/mol. The number of hydrogen-bond donors (Lipinski definition) is 2. The van der Waals surface area contributed by atoms with Gasteiger partial charge in [-0.1, -0.05) is 6.07 Å². The molecule has 0 fully saturated rings. The Morgan fingerprint density at radius 1 is 1.30 bits per heavy atom. The predicted octanol–water partition coefficient (Wildman–Crippen LogP) is 1.33. The molecule has 0 aliphatic heterocycles. The van der Waals surface area contributed by atoms with Gasteiger partial charge in [0, 0.05) is 19.2 Å². The van der Waals surface area contributed by atoms with E-state index in [1.807, 2.05) is 0 Å². The first-order chi connectivity index (χ1) is 9.43. The summed E-state index contributed by atoms with van der Waals surface area (Å²) in [7, 11) is 0. The summed E-state index contributed by atoms with van der Waals surface area (Å²) in [6.07, 6.45) is -0.869. The van der Waals surface area contributed by atoms with Crippen molar-refractivity contribution in [2.45, 2.75) is 26.9 Å². The first-order valence-corrected chi connectivity index (χ1v) is 6.30. The van der Waals surface area contributed by atoms with Crippen LogP contribution in [0.5, 0.6) is 0 Å². The molecule has 0 unspecified atom stereocenters. The predicted molar refractivity (Wildman–Crippen MR) is 74.3 cm³/mol. The molecule has 0 aliphatic rings. The molecule has 0 aliphatic carbocycles. The molecule has 0 saturated heterocycles. The summed E-state index contributed by atoms with van der Waals surface area (Å²) >= 11 is 0. The van der Waals surface area contributed by atoms with E-state index in [9.17, 15) is 14.4 Å². The van der Waals surface area contributed by atoms with Crippen molar-refractivity contribution in [1.82, 2.24) is 5.32 Å². The Morgan fingerprint density at radius 2 is 2.00 bits per heavy atom. The van der Waals surface area contributed by atoms with Crippen LogP contribution in [0.3, 0.4) is 0 Å². The van der Waals surface area contributed by atoms with Gasteiger partial charge in [0.15, 0.2) is 6.10 Å². The molecule has 0 spiro atoms. The van der Waals surface area contributed by atoms with Crippen molar-refractivity contribution in [3.05, 3.63) is 29.8 Å². The highest BCUT2D eigenvalue weighted by molar-refractivity contribution is 5.95. The molecule has 2 amide bonds. The Morgan fingerprint density at radius 3 is 2.60 bits per heavy atom. The molecule has 20 heavy (non-hydrogen) atoms. The van der Waals surface area contributed by atoms with Crippen LogP contribution in [-0.2, 0) is 14.3 Å². The first-order valence-electron chi connectivity index (χ1n) is 6.30. The van der Waals surface area contributed by atoms with E-state index in [-0.39, 0.29) is 17.4 Å². The highest BCUT2D eigenvalue weighted by Crippen LogP contribution is 2.12. The van der Waals surface area contributed by atoms with Gasteiger partial charge in [-0.05, 0) is 32.0 Å². The number of carbonyl (C=O) groups excluding carboxylic acids is 3. The molecule has 6 nitrogen and oxygen atoms in total. The molecule has 1 aromatic carbocycles. The van der Waals surface area contributed by atoms with E-state index in [2.05, 4.69) is 10.6 Å². The largest absolute Gasteiger partial charge is 0.449 e. The minimum Gasteiger partial charge on any atom is -0.449 e. The van der Waals surface area contributed by atoms with Crippen molar-refractivity contribution in [2.75, 3.05) is 11.9 Å². The van der Waals surface area contributed by atoms with Gasteiger partial charge in [-0.3, -0.25) is 9.59 Å². The first kappa shape index (κ1) is 15.7. The van der Waals surface area contributed by atoms with E-state index in [4.69, 9.17) is 4.74 Å². The Kier molecular flexibility index (Phi) is 5.71. The Bertz CT molecular complexity index is 514. The van der Waals surface area contributed by atoms with Crippen LogP contribution >= 0.6 is 0 Å². The van der Waals surface area contributed by atoms with Crippen LogP contribution in [0.15, 0.2) is 24.3 Å². The summed E-state index contributed by atoms with van der Waals surface area (Å²) in [5.41, 5.74) is 0.769. The van der Waals surface area contributed by atoms with Crippen molar-refractivity contribution in [1.29, 1.82) is 0 Å². The second-order valence-electron chi connectivity index (χ2n) is 4.20. The maximum absolute atomic E-state index is 11.9. The van der Waals surface area contributed by atoms with Gasteiger partial charge < -0.3 is 15.4 Å². The quantitative estimate of drug-likeness (QED) is 0.796. The fourth-order valence-corrected chi connectivity index (χ4v) is 1.53. The minimum atomic E-state index is -0.869. The molecule has 0 saturated carbocycles. The lowest BCUT2D eigenvalue weighted by atomic mass is 10.2. The second-order valence-corrected chi connectivity index (χ2v) is 4.20. The zero-order valence-electron chi connectivity index (χ0n) is 11.7. The van der Waals surface area contributed by atoms with Gasteiger partial charge in [-0.25, -0.2) is 4.79 Å². The molecule has 1 aromatic rings. The molecule has 0 aromatic heterocycles. The Labute approximate surface area is 117 Å². The third kappa shape index (κ3) is 4.72. The topological polar surface area (TPSA) is 84.5 Å². The van der Waals surface area contributed by atoms with Crippen LogP contribution < -0.4 is 10.6 Å². The summed E-state index contributed by atoms with van der Waals surface area (Å²) in [5.74, 6) is -1.19. The Hall–Kier alpha value is -2.37. The molecule has 108 valence electrons.